The fraction of sp³-hybridized carbons (Fsp3) is 0.300. The summed E-state index contributed by atoms with van der Waals surface area (Å²) in [6.45, 7) is 6.16. The SMILES string of the molecule is COc1ccc(C(=O)[C@H](C)Sc2nnnn2-c2ccc(C(C)C)cc2)cc1. The van der Waals surface area contributed by atoms with E-state index in [0.717, 1.165) is 11.4 Å². The number of methoxy groups -OCH3 is 1. The number of thioether (sulfide) groups is 1. The van der Waals surface area contributed by atoms with Gasteiger partial charge in [-0.3, -0.25) is 4.79 Å². The van der Waals surface area contributed by atoms with Gasteiger partial charge in [-0.05, 0) is 65.2 Å². The molecule has 3 rings (SSSR count). The second-order valence-electron chi connectivity index (χ2n) is 6.47. The third kappa shape index (κ3) is 4.36. The Labute approximate surface area is 162 Å². The highest BCUT2D eigenvalue weighted by molar-refractivity contribution is 8.00. The predicted octanol–water partition coefficient (Wildman–Crippen LogP) is 4.16. The Morgan fingerprint density at radius 1 is 1.04 bits per heavy atom. The molecule has 1 atom stereocenters. The molecular formula is C20H22N4O2S. The van der Waals surface area contributed by atoms with Gasteiger partial charge in [0.15, 0.2) is 5.78 Å². The van der Waals surface area contributed by atoms with Gasteiger partial charge < -0.3 is 4.74 Å². The molecule has 27 heavy (non-hydrogen) atoms. The van der Waals surface area contributed by atoms with Crippen molar-refractivity contribution in [1.29, 1.82) is 0 Å². The molecule has 0 saturated carbocycles. The van der Waals surface area contributed by atoms with Crippen molar-refractivity contribution in [3.05, 3.63) is 59.7 Å². The average Bonchev–Trinajstić information content (AvgIpc) is 3.15. The van der Waals surface area contributed by atoms with Crippen molar-refractivity contribution in [3.8, 4) is 11.4 Å². The number of ether oxygens (including phenoxy) is 1. The second-order valence-corrected chi connectivity index (χ2v) is 7.78. The summed E-state index contributed by atoms with van der Waals surface area (Å²) in [6, 6.07) is 15.2. The molecule has 0 amide bonds. The Kier molecular flexibility index (Phi) is 5.91. The molecule has 0 unspecified atom stereocenters. The molecule has 2 aromatic carbocycles. The maximum atomic E-state index is 12.7. The standard InChI is InChI=1S/C20H22N4O2S/c1-13(2)15-5-9-17(10-6-15)24-20(21-22-23-24)27-14(3)19(25)16-7-11-18(26-4)12-8-16/h5-14H,1-4H3/t14-/m0/s1. The number of tetrazole rings is 1. The van der Waals surface area contributed by atoms with Crippen molar-refractivity contribution in [2.75, 3.05) is 7.11 Å². The van der Waals surface area contributed by atoms with E-state index >= 15 is 0 Å². The molecule has 0 saturated heterocycles. The zero-order valence-electron chi connectivity index (χ0n) is 15.8. The molecule has 0 N–H and O–H groups in total. The lowest BCUT2D eigenvalue weighted by Gasteiger charge is -2.11. The number of rotatable bonds is 7. The highest BCUT2D eigenvalue weighted by atomic mass is 32.2. The molecular weight excluding hydrogens is 360 g/mol. The summed E-state index contributed by atoms with van der Waals surface area (Å²) >= 11 is 1.34. The average molecular weight is 382 g/mol. The quantitative estimate of drug-likeness (QED) is 0.451. The van der Waals surface area contributed by atoms with Crippen LogP contribution >= 0.6 is 11.8 Å². The minimum Gasteiger partial charge on any atom is -0.497 e. The Morgan fingerprint density at radius 3 is 2.30 bits per heavy atom. The van der Waals surface area contributed by atoms with E-state index in [1.54, 1.807) is 36.1 Å². The lowest BCUT2D eigenvalue weighted by molar-refractivity contribution is 0.0994. The van der Waals surface area contributed by atoms with Crippen LogP contribution in [0.15, 0.2) is 53.7 Å². The number of carbonyl (C=O) groups excluding carboxylic acids is 1. The van der Waals surface area contributed by atoms with Crippen LogP contribution in [0, 0.1) is 0 Å². The zero-order valence-corrected chi connectivity index (χ0v) is 16.6. The van der Waals surface area contributed by atoms with Crippen molar-refractivity contribution in [2.24, 2.45) is 0 Å². The third-order valence-corrected chi connectivity index (χ3v) is 5.30. The van der Waals surface area contributed by atoms with Crippen molar-refractivity contribution in [1.82, 2.24) is 20.2 Å². The number of aromatic nitrogens is 4. The molecule has 0 aliphatic heterocycles. The first-order valence-electron chi connectivity index (χ1n) is 8.73. The van der Waals surface area contributed by atoms with Gasteiger partial charge in [0, 0.05) is 5.56 Å². The monoisotopic (exact) mass is 382 g/mol. The van der Waals surface area contributed by atoms with Gasteiger partial charge in [0.1, 0.15) is 5.75 Å². The molecule has 140 valence electrons. The first-order valence-corrected chi connectivity index (χ1v) is 9.61. The lowest BCUT2D eigenvalue weighted by Crippen LogP contribution is -2.14. The number of benzene rings is 2. The topological polar surface area (TPSA) is 69.9 Å². The number of Topliss-reactive ketones (excluding diaryl/α,β-unsaturated/α-hetero) is 1. The predicted molar refractivity (Wildman–Crippen MR) is 106 cm³/mol. The zero-order chi connectivity index (χ0) is 19.4. The Morgan fingerprint density at radius 2 is 1.70 bits per heavy atom. The third-order valence-electron chi connectivity index (χ3n) is 4.27. The molecule has 0 fully saturated rings. The van der Waals surface area contributed by atoms with Crippen LogP contribution in [0.4, 0.5) is 0 Å². The van der Waals surface area contributed by atoms with Crippen LogP contribution in [0.1, 0.15) is 42.6 Å². The summed E-state index contributed by atoms with van der Waals surface area (Å²) in [6.07, 6.45) is 0. The van der Waals surface area contributed by atoms with Gasteiger partial charge in [0.25, 0.3) is 0 Å². The molecule has 1 aromatic heterocycles. The minimum atomic E-state index is -0.321. The number of hydrogen-bond donors (Lipinski definition) is 0. The molecule has 7 heteroatoms. The van der Waals surface area contributed by atoms with Crippen LogP contribution in [0.3, 0.4) is 0 Å². The van der Waals surface area contributed by atoms with E-state index in [-0.39, 0.29) is 11.0 Å². The number of hydrogen-bond acceptors (Lipinski definition) is 6. The van der Waals surface area contributed by atoms with Crippen molar-refractivity contribution in [3.63, 3.8) is 0 Å². The van der Waals surface area contributed by atoms with E-state index in [1.807, 2.05) is 19.1 Å². The van der Waals surface area contributed by atoms with Gasteiger partial charge in [-0.15, -0.1) is 5.10 Å². The molecule has 6 nitrogen and oxygen atoms in total. The number of ketones is 1. The molecule has 0 spiro atoms. The van der Waals surface area contributed by atoms with Crippen LogP contribution in [-0.2, 0) is 0 Å². The summed E-state index contributed by atoms with van der Waals surface area (Å²) in [4.78, 5) is 12.7. The van der Waals surface area contributed by atoms with E-state index < -0.39 is 0 Å². The van der Waals surface area contributed by atoms with Crippen LogP contribution in [-0.4, -0.2) is 38.4 Å². The second kappa shape index (κ2) is 8.35. The Balaban J connectivity index is 1.76. The number of carbonyl (C=O) groups is 1. The summed E-state index contributed by atoms with van der Waals surface area (Å²) in [5.41, 5.74) is 2.76. The van der Waals surface area contributed by atoms with Crippen LogP contribution in [0.2, 0.25) is 0 Å². The molecule has 0 bridgehead atoms. The van der Waals surface area contributed by atoms with Crippen molar-refractivity contribution < 1.29 is 9.53 Å². The summed E-state index contributed by atoms with van der Waals surface area (Å²) in [7, 11) is 1.60. The maximum Gasteiger partial charge on any atom is 0.214 e. The van der Waals surface area contributed by atoms with Gasteiger partial charge in [0.2, 0.25) is 5.16 Å². The van der Waals surface area contributed by atoms with Gasteiger partial charge in [-0.2, -0.15) is 4.68 Å². The fourth-order valence-electron chi connectivity index (χ4n) is 2.62. The van der Waals surface area contributed by atoms with E-state index in [4.69, 9.17) is 4.74 Å². The van der Waals surface area contributed by atoms with E-state index in [1.165, 1.54) is 17.3 Å². The summed E-state index contributed by atoms with van der Waals surface area (Å²) in [5, 5.41) is 12.2. The first-order chi connectivity index (χ1) is 13.0. The van der Waals surface area contributed by atoms with Gasteiger partial charge in [-0.1, -0.05) is 37.7 Å². The van der Waals surface area contributed by atoms with E-state index in [0.29, 0.717) is 16.6 Å². The van der Waals surface area contributed by atoms with Gasteiger partial charge in [-0.25, -0.2) is 0 Å². The summed E-state index contributed by atoms with van der Waals surface area (Å²) < 4.78 is 6.80. The maximum absolute atomic E-state index is 12.7. The van der Waals surface area contributed by atoms with Gasteiger partial charge >= 0.3 is 0 Å². The Bertz CT molecular complexity index is 904. The minimum absolute atomic E-state index is 0.0207. The molecule has 3 aromatic rings. The number of nitrogens with zero attached hydrogens (tertiary/aromatic N) is 4. The van der Waals surface area contributed by atoms with E-state index in [2.05, 4.69) is 41.5 Å². The molecule has 1 heterocycles. The Hall–Kier alpha value is -2.67. The van der Waals surface area contributed by atoms with Crippen LogP contribution < -0.4 is 4.74 Å². The van der Waals surface area contributed by atoms with Crippen LogP contribution in [0.5, 0.6) is 5.75 Å². The highest BCUT2D eigenvalue weighted by Gasteiger charge is 2.20. The summed E-state index contributed by atoms with van der Waals surface area (Å²) in [5.74, 6) is 1.21. The van der Waals surface area contributed by atoms with Crippen molar-refractivity contribution in [2.45, 2.75) is 37.1 Å². The largest absolute Gasteiger partial charge is 0.497 e. The smallest absolute Gasteiger partial charge is 0.214 e. The first kappa shape index (κ1) is 19.1. The van der Waals surface area contributed by atoms with E-state index in [9.17, 15) is 4.79 Å². The molecule has 0 radical (unpaired) electrons. The highest BCUT2D eigenvalue weighted by Crippen LogP contribution is 2.26. The van der Waals surface area contributed by atoms with Crippen LogP contribution in [0.25, 0.3) is 5.69 Å². The molecule has 0 aliphatic rings. The fourth-order valence-corrected chi connectivity index (χ4v) is 3.50. The molecule has 0 aliphatic carbocycles. The van der Waals surface area contributed by atoms with Crippen molar-refractivity contribution >= 4 is 17.5 Å². The van der Waals surface area contributed by atoms with Gasteiger partial charge in [0.05, 0.1) is 18.0 Å². The normalized spacial score (nSPS) is 12.2. The lowest BCUT2D eigenvalue weighted by atomic mass is 10.0.